The van der Waals surface area contributed by atoms with Crippen molar-refractivity contribution in [3.05, 3.63) is 63.6 Å². The van der Waals surface area contributed by atoms with Gasteiger partial charge in [0.25, 0.3) is 0 Å². The quantitative estimate of drug-likeness (QED) is 0.453. The number of carbonyl (C=O) groups excluding carboxylic acids is 1. The van der Waals surface area contributed by atoms with Gasteiger partial charge in [-0.05, 0) is 42.5 Å². The Labute approximate surface area is 177 Å². The number of hydrogen-bond donors (Lipinski definition) is 2. The number of carbonyl (C=O) groups is 1. The summed E-state index contributed by atoms with van der Waals surface area (Å²) in [6, 6.07) is 9.99. The van der Waals surface area contributed by atoms with Crippen molar-refractivity contribution in [3.63, 3.8) is 0 Å². The standard InChI is InChI=1S/C18H12Cl2F3N3O2S/c19-14-6-3-11(7-15(14)20)24-16(27)8-12-9-29-17(26-12)25-10-1-4-13(5-2-10)28-18(21,22)23/h1-7,9H,8H2,(H,24,27)(H,25,26). The maximum atomic E-state index is 12.2. The summed E-state index contributed by atoms with van der Waals surface area (Å²) in [6.07, 6.45) is -4.70. The summed E-state index contributed by atoms with van der Waals surface area (Å²) in [7, 11) is 0. The highest BCUT2D eigenvalue weighted by atomic mass is 35.5. The highest BCUT2D eigenvalue weighted by Crippen LogP contribution is 2.27. The van der Waals surface area contributed by atoms with Gasteiger partial charge >= 0.3 is 6.36 Å². The molecule has 0 aliphatic rings. The molecule has 1 amide bonds. The average Bonchev–Trinajstić information content (AvgIpc) is 3.05. The number of rotatable bonds is 6. The van der Waals surface area contributed by atoms with Gasteiger partial charge in [0.15, 0.2) is 5.13 Å². The third-order valence-corrected chi connectivity index (χ3v) is 4.98. The molecule has 29 heavy (non-hydrogen) atoms. The number of ether oxygens (including phenoxy) is 1. The molecule has 0 spiro atoms. The minimum atomic E-state index is -4.74. The molecule has 2 N–H and O–H groups in total. The van der Waals surface area contributed by atoms with E-state index in [2.05, 4.69) is 20.4 Å². The van der Waals surface area contributed by atoms with Crippen LogP contribution >= 0.6 is 34.5 Å². The van der Waals surface area contributed by atoms with Gasteiger partial charge in [-0.15, -0.1) is 24.5 Å². The molecule has 1 heterocycles. The summed E-state index contributed by atoms with van der Waals surface area (Å²) in [4.78, 5) is 16.4. The van der Waals surface area contributed by atoms with Crippen LogP contribution in [0, 0.1) is 0 Å². The molecular weight excluding hydrogens is 450 g/mol. The minimum Gasteiger partial charge on any atom is -0.406 e. The van der Waals surface area contributed by atoms with Crippen LogP contribution in [0.5, 0.6) is 5.75 Å². The maximum absolute atomic E-state index is 12.2. The number of benzene rings is 2. The van der Waals surface area contributed by atoms with E-state index in [0.29, 0.717) is 32.2 Å². The predicted molar refractivity (Wildman–Crippen MR) is 107 cm³/mol. The van der Waals surface area contributed by atoms with E-state index in [1.807, 2.05) is 0 Å². The molecule has 11 heteroatoms. The van der Waals surface area contributed by atoms with Crippen LogP contribution in [-0.2, 0) is 11.2 Å². The number of anilines is 3. The normalized spacial score (nSPS) is 11.2. The van der Waals surface area contributed by atoms with Gasteiger partial charge < -0.3 is 15.4 Å². The van der Waals surface area contributed by atoms with Crippen LogP contribution in [0.1, 0.15) is 5.69 Å². The molecule has 0 bridgehead atoms. The first kappa shape index (κ1) is 21.2. The van der Waals surface area contributed by atoms with Gasteiger partial charge in [0.05, 0.1) is 22.2 Å². The fraction of sp³-hybridized carbons (Fsp3) is 0.111. The molecule has 1 aromatic heterocycles. The van der Waals surface area contributed by atoms with Gasteiger partial charge in [-0.1, -0.05) is 23.2 Å². The second-order valence-electron chi connectivity index (χ2n) is 5.70. The first-order valence-electron chi connectivity index (χ1n) is 8.00. The van der Waals surface area contributed by atoms with E-state index in [9.17, 15) is 18.0 Å². The molecule has 0 saturated carbocycles. The van der Waals surface area contributed by atoms with Gasteiger partial charge in [0.2, 0.25) is 5.91 Å². The van der Waals surface area contributed by atoms with Crippen LogP contribution in [0.25, 0.3) is 0 Å². The maximum Gasteiger partial charge on any atom is 0.573 e. The lowest BCUT2D eigenvalue weighted by atomic mass is 10.3. The van der Waals surface area contributed by atoms with Crippen LogP contribution in [0.4, 0.5) is 29.7 Å². The van der Waals surface area contributed by atoms with Crippen molar-refractivity contribution < 1.29 is 22.7 Å². The lowest BCUT2D eigenvalue weighted by molar-refractivity contribution is -0.274. The predicted octanol–water partition coefficient (Wildman–Crippen LogP) is 6.27. The van der Waals surface area contributed by atoms with Crippen LogP contribution < -0.4 is 15.4 Å². The van der Waals surface area contributed by atoms with Crippen molar-refractivity contribution in [2.45, 2.75) is 12.8 Å². The smallest absolute Gasteiger partial charge is 0.406 e. The molecule has 3 rings (SSSR count). The number of amides is 1. The molecule has 2 aromatic carbocycles. The van der Waals surface area contributed by atoms with Crippen LogP contribution in [-0.4, -0.2) is 17.3 Å². The molecule has 0 radical (unpaired) electrons. The summed E-state index contributed by atoms with van der Waals surface area (Å²) in [6.45, 7) is 0. The number of hydrogen-bond acceptors (Lipinski definition) is 5. The van der Waals surface area contributed by atoms with Crippen LogP contribution in [0.2, 0.25) is 10.0 Å². The number of aromatic nitrogens is 1. The van der Waals surface area contributed by atoms with Crippen molar-refractivity contribution in [2.24, 2.45) is 0 Å². The van der Waals surface area contributed by atoms with Gasteiger partial charge in [-0.3, -0.25) is 4.79 Å². The van der Waals surface area contributed by atoms with Crippen molar-refractivity contribution in [1.82, 2.24) is 4.98 Å². The summed E-state index contributed by atoms with van der Waals surface area (Å²) in [5, 5.41) is 8.57. The Morgan fingerprint density at radius 2 is 1.76 bits per heavy atom. The van der Waals surface area contributed by atoms with E-state index in [0.717, 1.165) is 0 Å². The molecule has 5 nitrogen and oxygen atoms in total. The van der Waals surface area contributed by atoms with Crippen molar-refractivity contribution in [2.75, 3.05) is 10.6 Å². The Balaban J connectivity index is 1.56. The Bertz CT molecular complexity index is 1010. The number of alkyl halides is 3. The minimum absolute atomic E-state index is 0.0385. The Morgan fingerprint density at radius 3 is 2.41 bits per heavy atom. The molecule has 0 aliphatic carbocycles. The van der Waals surface area contributed by atoms with Gasteiger partial charge in [-0.2, -0.15) is 0 Å². The summed E-state index contributed by atoms with van der Waals surface area (Å²) < 4.78 is 40.4. The van der Waals surface area contributed by atoms with Crippen molar-refractivity contribution >= 4 is 57.0 Å². The number of nitrogens with one attached hydrogen (secondary N) is 2. The largest absolute Gasteiger partial charge is 0.573 e. The second kappa shape index (κ2) is 8.89. The third kappa shape index (κ3) is 6.52. The van der Waals surface area contributed by atoms with E-state index in [4.69, 9.17) is 23.2 Å². The number of thiazole rings is 1. The summed E-state index contributed by atoms with van der Waals surface area (Å²) in [5.74, 6) is -0.601. The Kier molecular flexibility index (Phi) is 6.51. The van der Waals surface area contributed by atoms with Gasteiger partial charge in [0.1, 0.15) is 5.75 Å². The summed E-state index contributed by atoms with van der Waals surface area (Å²) >= 11 is 13.0. The monoisotopic (exact) mass is 461 g/mol. The SMILES string of the molecule is O=C(Cc1csc(Nc2ccc(OC(F)(F)F)cc2)n1)Nc1ccc(Cl)c(Cl)c1. The topological polar surface area (TPSA) is 63.2 Å². The highest BCUT2D eigenvalue weighted by molar-refractivity contribution is 7.13. The van der Waals surface area contributed by atoms with Crippen LogP contribution in [0.15, 0.2) is 47.8 Å². The number of halogens is 5. The second-order valence-corrected chi connectivity index (χ2v) is 7.37. The molecule has 3 aromatic rings. The molecule has 0 saturated heterocycles. The molecule has 0 fully saturated rings. The Morgan fingerprint density at radius 1 is 1.07 bits per heavy atom. The lowest BCUT2D eigenvalue weighted by Gasteiger charge is -2.09. The van der Waals surface area contributed by atoms with Crippen molar-refractivity contribution in [1.29, 1.82) is 0 Å². The fourth-order valence-corrected chi connectivity index (χ4v) is 3.28. The zero-order valence-electron chi connectivity index (χ0n) is 14.4. The zero-order valence-corrected chi connectivity index (χ0v) is 16.7. The molecule has 152 valence electrons. The van der Waals surface area contributed by atoms with E-state index < -0.39 is 6.36 Å². The Hall–Kier alpha value is -2.49. The first-order chi connectivity index (χ1) is 13.7. The molecular formula is C18H12Cl2F3N3O2S. The van der Waals surface area contributed by atoms with Gasteiger partial charge in [-0.25, -0.2) is 4.98 Å². The van der Waals surface area contributed by atoms with E-state index in [1.54, 1.807) is 23.6 Å². The van der Waals surface area contributed by atoms with E-state index in [-0.39, 0.29) is 18.1 Å². The molecule has 0 unspecified atom stereocenters. The third-order valence-electron chi connectivity index (χ3n) is 3.44. The lowest BCUT2D eigenvalue weighted by Crippen LogP contribution is -2.16. The average molecular weight is 462 g/mol. The molecule has 0 aliphatic heterocycles. The number of nitrogens with zero attached hydrogens (tertiary/aromatic N) is 1. The van der Waals surface area contributed by atoms with E-state index in [1.165, 1.54) is 35.6 Å². The fourth-order valence-electron chi connectivity index (χ4n) is 2.25. The van der Waals surface area contributed by atoms with Crippen molar-refractivity contribution in [3.8, 4) is 5.75 Å². The highest BCUT2D eigenvalue weighted by Gasteiger charge is 2.30. The van der Waals surface area contributed by atoms with Gasteiger partial charge in [0, 0.05) is 16.8 Å². The van der Waals surface area contributed by atoms with E-state index >= 15 is 0 Å². The zero-order chi connectivity index (χ0) is 21.0. The molecule has 0 atom stereocenters. The van der Waals surface area contributed by atoms with Crippen LogP contribution in [0.3, 0.4) is 0 Å². The summed E-state index contributed by atoms with van der Waals surface area (Å²) in [5.41, 5.74) is 1.58. The first-order valence-corrected chi connectivity index (χ1v) is 9.64.